The minimum atomic E-state index is -0.315. The van der Waals surface area contributed by atoms with Crippen molar-refractivity contribution in [2.75, 3.05) is 19.6 Å². The molecule has 2 aliphatic heterocycles. The van der Waals surface area contributed by atoms with E-state index in [1.54, 1.807) is 17.0 Å². The Labute approximate surface area is 198 Å². The standard InChI is InChI=1S/C27H29FN4O2/c28-22-8-6-20(7-9-22)17-25(33)32-15-12-24-23(18-32)26(30-29-24)27(34)31-13-10-21(11-14-31)16-19-4-2-1-3-5-19/h1-9,21H,10-18H2,(H,29,30). The largest absolute Gasteiger partial charge is 0.338 e. The average molecular weight is 461 g/mol. The van der Waals surface area contributed by atoms with E-state index >= 15 is 0 Å². The Hall–Kier alpha value is -3.48. The number of carbonyl (C=O) groups is 2. The number of benzene rings is 2. The van der Waals surface area contributed by atoms with E-state index in [0.29, 0.717) is 31.1 Å². The summed E-state index contributed by atoms with van der Waals surface area (Å²) in [5.41, 5.74) is 4.33. The first-order valence-corrected chi connectivity index (χ1v) is 12.0. The van der Waals surface area contributed by atoms with Gasteiger partial charge in [0.05, 0.1) is 6.42 Å². The predicted molar refractivity (Wildman–Crippen MR) is 127 cm³/mol. The van der Waals surface area contributed by atoms with E-state index in [1.165, 1.54) is 17.7 Å². The van der Waals surface area contributed by atoms with Crippen molar-refractivity contribution in [3.8, 4) is 0 Å². The van der Waals surface area contributed by atoms with Crippen molar-refractivity contribution < 1.29 is 14.0 Å². The highest BCUT2D eigenvalue weighted by atomic mass is 19.1. The summed E-state index contributed by atoms with van der Waals surface area (Å²) in [6.45, 7) is 2.40. The normalized spacial score (nSPS) is 16.4. The van der Waals surface area contributed by atoms with Gasteiger partial charge in [-0.2, -0.15) is 5.10 Å². The van der Waals surface area contributed by atoms with Gasteiger partial charge in [-0.3, -0.25) is 14.7 Å². The third kappa shape index (κ3) is 4.88. The molecule has 1 saturated heterocycles. The summed E-state index contributed by atoms with van der Waals surface area (Å²) in [7, 11) is 0. The lowest BCUT2D eigenvalue weighted by Gasteiger charge is -2.32. The number of H-pyrrole nitrogens is 1. The number of aromatic nitrogens is 2. The Bertz CT molecular complexity index is 1150. The SMILES string of the molecule is O=C(Cc1ccc(F)cc1)N1CCc2[nH]nc(C(=O)N3CCC(Cc4ccccc4)CC3)c2C1. The van der Waals surface area contributed by atoms with Gasteiger partial charge in [0.25, 0.3) is 5.91 Å². The first-order chi connectivity index (χ1) is 16.6. The number of nitrogens with zero attached hydrogens (tertiary/aromatic N) is 3. The summed E-state index contributed by atoms with van der Waals surface area (Å²) >= 11 is 0. The molecular formula is C27H29FN4O2. The quantitative estimate of drug-likeness (QED) is 0.630. The second-order valence-electron chi connectivity index (χ2n) is 9.32. The van der Waals surface area contributed by atoms with Gasteiger partial charge in [0.15, 0.2) is 5.69 Å². The van der Waals surface area contributed by atoms with Crippen LogP contribution in [0.1, 0.15) is 45.7 Å². The zero-order chi connectivity index (χ0) is 23.5. The van der Waals surface area contributed by atoms with Gasteiger partial charge < -0.3 is 9.80 Å². The highest BCUT2D eigenvalue weighted by Crippen LogP contribution is 2.26. The van der Waals surface area contributed by atoms with E-state index in [1.807, 2.05) is 11.0 Å². The number of nitrogens with one attached hydrogen (secondary N) is 1. The Kier molecular flexibility index (Phi) is 6.43. The number of piperidine rings is 1. The second-order valence-corrected chi connectivity index (χ2v) is 9.32. The molecule has 0 unspecified atom stereocenters. The summed E-state index contributed by atoms with van der Waals surface area (Å²) < 4.78 is 13.2. The molecule has 176 valence electrons. The first kappa shape index (κ1) is 22.3. The number of carbonyl (C=O) groups excluding carboxylic acids is 2. The maximum absolute atomic E-state index is 13.3. The maximum atomic E-state index is 13.3. The summed E-state index contributed by atoms with van der Waals surface area (Å²) in [6, 6.07) is 16.5. The molecule has 0 aliphatic carbocycles. The lowest BCUT2D eigenvalue weighted by molar-refractivity contribution is -0.131. The Morgan fingerprint density at radius 3 is 2.41 bits per heavy atom. The molecule has 1 fully saturated rings. The Balaban J connectivity index is 1.20. The highest BCUT2D eigenvalue weighted by Gasteiger charge is 2.31. The molecule has 0 spiro atoms. The van der Waals surface area contributed by atoms with E-state index < -0.39 is 0 Å². The molecule has 0 saturated carbocycles. The number of hydrogen-bond acceptors (Lipinski definition) is 3. The molecule has 5 rings (SSSR count). The van der Waals surface area contributed by atoms with Crippen molar-refractivity contribution in [3.05, 3.63) is 88.5 Å². The fourth-order valence-electron chi connectivity index (χ4n) is 5.01. The molecule has 2 aromatic carbocycles. The number of fused-ring (bicyclic) bond motifs is 1. The van der Waals surface area contributed by atoms with Gasteiger partial charge >= 0.3 is 0 Å². The van der Waals surface area contributed by atoms with Crippen LogP contribution < -0.4 is 0 Å². The van der Waals surface area contributed by atoms with Crippen LogP contribution in [0.5, 0.6) is 0 Å². The van der Waals surface area contributed by atoms with Crippen molar-refractivity contribution in [3.63, 3.8) is 0 Å². The van der Waals surface area contributed by atoms with Crippen LogP contribution >= 0.6 is 0 Å². The minimum Gasteiger partial charge on any atom is -0.338 e. The van der Waals surface area contributed by atoms with Crippen LogP contribution in [0.4, 0.5) is 4.39 Å². The van der Waals surface area contributed by atoms with Crippen LogP contribution in [-0.4, -0.2) is 51.4 Å². The monoisotopic (exact) mass is 460 g/mol. The number of halogens is 1. The zero-order valence-electron chi connectivity index (χ0n) is 19.2. The summed E-state index contributed by atoms with van der Waals surface area (Å²) in [5, 5.41) is 7.38. The van der Waals surface area contributed by atoms with Gasteiger partial charge in [0.1, 0.15) is 5.82 Å². The Morgan fingerprint density at radius 1 is 0.941 bits per heavy atom. The van der Waals surface area contributed by atoms with Crippen LogP contribution in [0.3, 0.4) is 0 Å². The van der Waals surface area contributed by atoms with E-state index in [2.05, 4.69) is 34.5 Å². The van der Waals surface area contributed by atoms with Crippen molar-refractivity contribution in [1.82, 2.24) is 20.0 Å². The third-order valence-corrected chi connectivity index (χ3v) is 7.03. The lowest BCUT2D eigenvalue weighted by Crippen LogP contribution is -2.41. The number of rotatable bonds is 5. The molecule has 0 bridgehead atoms. The van der Waals surface area contributed by atoms with Gasteiger partial charge in [-0.1, -0.05) is 42.5 Å². The zero-order valence-corrected chi connectivity index (χ0v) is 19.2. The molecule has 3 heterocycles. The molecule has 1 N–H and O–H groups in total. The van der Waals surface area contributed by atoms with Crippen LogP contribution in [0.2, 0.25) is 0 Å². The smallest absolute Gasteiger partial charge is 0.274 e. The van der Waals surface area contributed by atoms with E-state index in [-0.39, 0.29) is 24.1 Å². The summed E-state index contributed by atoms with van der Waals surface area (Å²) in [5.74, 6) is 0.186. The van der Waals surface area contributed by atoms with Crippen LogP contribution in [0, 0.1) is 11.7 Å². The topological polar surface area (TPSA) is 69.3 Å². The molecule has 34 heavy (non-hydrogen) atoms. The van der Waals surface area contributed by atoms with Crippen molar-refractivity contribution in [1.29, 1.82) is 0 Å². The number of amides is 2. The van der Waals surface area contributed by atoms with Crippen molar-refractivity contribution in [2.24, 2.45) is 5.92 Å². The van der Waals surface area contributed by atoms with Crippen LogP contribution in [0.25, 0.3) is 0 Å². The van der Waals surface area contributed by atoms with Gasteiger partial charge in [0, 0.05) is 43.9 Å². The van der Waals surface area contributed by atoms with Gasteiger partial charge in [0.2, 0.25) is 5.91 Å². The van der Waals surface area contributed by atoms with Crippen LogP contribution in [-0.2, 0) is 30.6 Å². The molecule has 6 nitrogen and oxygen atoms in total. The predicted octanol–water partition coefficient (Wildman–Crippen LogP) is 3.77. The molecular weight excluding hydrogens is 431 g/mol. The highest BCUT2D eigenvalue weighted by molar-refractivity contribution is 5.94. The first-order valence-electron chi connectivity index (χ1n) is 12.0. The number of aromatic amines is 1. The fourth-order valence-corrected chi connectivity index (χ4v) is 5.01. The third-order valence-electron chi connectivity index (χ3n) is 7.03. The summed E-state index contributed by atoms with van der Waals surface area (Å²) in [6.07, 6.45) is 3.87. The van der Waals surface area contributed by atoms with Crippen molar-refractivity contribution >= 4 is 11.8 Å². The molecule has 2 aliphatic rings. The van der Waals surface area contributed by atoms with Crippen LogP contribution in [0.15, 0.2) is 54.6 Å². The second kappa shape index (κ2) is 9.79. The van der Waals surface area contributed by atoms with E-state index in [4.69, 9.17) is 0 Å². The molecule has 3 aromatic rings. The van der Waals surface area contributed by atoms with Gasteiger partial charge in [-0.25, -0.2) is 4.39 Å². The van der Waals surface area contributed by atoms with E-state index in [0.717, 1.165) is 49.2 Å². The maximum Gasteiger partial charge on any atom is 0.274 e. The molecule has 0 atom stereocenters. The molecule has 2 amide bonds. The average Bonchev–Trinajstić information content (AvgIpc) is 3.29. The molecule has 7 heteroatoms. The van der Waals surface area contributed by atoms with Gasteiger partial charge in [-0.15, -0.1) is 0 Å². The molecule has 0 radical (unpaired) electrons. The minimum absolute atomic E-state index is 0.0291. The van der Waals surface area contributed by atoms with Gasteiger partial charge in [-0.05, 0) is 48.4 Å². The number of likely N-dealkylation sites (tertiary alicyclic amines) is 1. The van der Waals surface area contributed by atoms with Crippen molar-refractivity contribution in [2.45, 2.75) is 38.6 Å². The fraction of sp³-hybridized carbons (Fsp3) is 0.370. The Morgan fingerprint density at radius 2 is 1.68 bits per heavy atom. The molecule has 1 aromatic heterocycles. The number of hydrogen-bond donors (Lipinski definition) is 1. The van der Waals surface area contributed by atoms with E-state index in [9.17, 15) is 14.0 Å². The summed E-state index contributed by atoms with van der Waals surface area (Å²) in [4.78, 5) is 29.8. The lowest BCUT2D eigenvalue weighted by atomic mass is 9.90.